The second kappa shape index (κ2) is 72.5. The maximum atomic E-state index is 13.5. The van der Waals surface area contributed by atoms with Crippen molar-refractivity contribution >= 4 is 5.91 Å². The predicted molar refractivity (Wildman–Crippen MR) is 457 cm³/mol. The normalized spacial score (nSPS) is 25.3. The topological polar surface area (TPSA) is 307 Å². The van der Waals surface area contributed by atoms with E-state index < -0.39 is 124 Å². The largest absolute Gasteiger partial charge is 0.394 e. The highest BCUT2D eigenvalue weighted by molar-refractivity contribution is 5.76. The van der Waals surface area contributed by atoms with Gasteiger partial charge in [0, 0.05) is 6.42 Å². The van der Waals surface area contributed by atoms with Gasteiger partial charge in [-0.25, -0.2) is 0 Å². The van der Waals surface area contributed by atoms with Gasteiger partial charge in [-0.05, 0) is 96.3 Å². The molecule has 12 N–H and O–H groups in total. The molecule has 0 aromatic heterocycles. The van der Waals surface area contributed by atoms with E-state index in [0.717, 1.165) is 83.5 Å². The van der Waals surface area contributed by atoms with Crippen molar-refractivity contribution in [1.82, 2.24) is 5.32 Å². The van der Waals surface area contributed by atoms with Gasteiger partial charge >= 0.3 is 0 Å². The lowest BCUT2D eigenvalue weighted by molar-refractivity contribution is -0.379. The third-order valence-electron chi connectivity index (χ3n) is 22.0. The molecule has 3 rings (SSSR count). The van der Waals surface area contributed by atoms with Crippen LogP contribution < -0.4 is 5.32 Å². The first-order valence-electron chi connectivity index (χ1n) is 45.6. The molecule has 654 valence electrons. The maximum absolute atomic E-state index is 13.5. The number of hydrogen-bond donors (Lipinski definition) is 12. The number of rotatable bonds is 73. The molecule has 0 aromatic carbocycles. The van der Waals surface area contributed by atoms with Gasteiger partial charge in [-0.1, -0.05) is 354 Å². The van der Waals surface area contributed by atoms with Crippen LogP contribution in [0.15, 0.2) is 109 Å². The fourth-order valence-corrected chi connectivity index (χ4v) is 14.8. The fraction of sp³-hybridized carbons (Fsp3) is 0.798. The highest BCUT2D eigenvalue weighted by Gasteiger charge is 2.54. The molecule has 17 unspecified atom stereocenters. The van der Waals surface area contributed by atoms with E-state index >= 15 is 0 Å². The minimum absolute atomic E-state index is 0.229. The third kappa shape index (κ3) is 50.9. The van der Waals surface area contributed by atoms with Crippen LogP contribution in [0.4, 0.5) is 0 Å². The quantitative estimate of drug-likeness (QED) is 0.0199. The number of hydrogen-bond acceptors (Lipinski definition) is 18. The first kappa shape index (κ1) is 104. The molecule has 0 aromatic rings. The average molecular weight is 1600 g/mol. The summed E-state index contributed by atoms with van der Waals surface area (Å²) in [6.45, 7) is 1.64. The molecular weight excluding hydrogens is 1430 g/mol. The van der Waals surface area contributed by atoms with Gasteiger partial charge in [-0.15, -0.1) is 0 Å². The Labute approximate surface area is 685 Å². The van der Waals surface area contributed by atoms with Crippen molar-refractivity contribution in [2.75, 3.05) is 26.4 Å². The summed E-state index contributed by atoms with van der Waals surface area (Å²) in [7, 11) is 0. The van der Waals surface area contributed by atoms with Crippen LogP contribution in [0.1, 0.15) is 348 Å². The third-order valence-corrected chi connectivity index (χ3v) is 22.0. The zero-order valence-electron chi connectivity index (χ0n) is 70.6. The number of unbranched alkanes of at least 4 members (excludes halogenated alkanes) is 41. The molecule has 113 heavy (non-hydrogen) atoms. The first-order valence-corrected chi connectivity index (χ1v) is 45.6. The summed E-state index contributed by atoms with van der Waals surface area (Å²) >= 11 is 0. The van der Waals surface area contributed by atoms with Crippen molar-refractivity contribution in [2.45, 2.75) is 452 Å². The summed E-state index contributed by atoms with van der Waals surface area (Å²) in [4.78, 5) is 13.5. The SMILES string of the molecule is CC/C=C\C/C=C\C/C=C\C/C=C\C/C=C\C/C=C\CCCCCCCCCCCCCCCCCCCCC(=O)NC(COC1OC(CO)C(OC2OC(CO)C(OC3OC(CO)C(O)C(O)C3O)C(O)C2O)C(O)C1O)C(O)/C=C/CC/C=C/CC/C=C/CCCCCCCCCCCCCCCCCCCCCCC. The second-order valence-corrected chi connectivity index (χ2v) is 32.0. The molecular formula is C94H165NO18. The summed E-state index contributed by atoms with van der Waals surface area (Å²) < 4.78 is 34.5. The smallest absolute Gasteiger partial charge is 0.220 e. The van der Waals surface area contributed by atoms with Crippen LogP contribution in [0.2, 0.25) is 0 Å². The molecule has 0 spiro atoms. The van der Waals surface area contributed by atoms with E-state index in [1.54, 1.807) is 6.08 Å². The van der Waals surface area contributed by atoms with Crippen LogP contribution in [0.25, 0.3) is 0 Å². The molecule has 0 radical (unpaired) electrons. The standard InChI is InChI=1S/C94H165NO18/c1-3-5-7-9-11-13-15-17-19-21-23-25-27-29-31-33-35-36-37-38-39-40-42-44-46-48-50-52-54-56-58-60-62-64-66-68-70-72-82(100)95-77(78(99)71-69-67-65-63-61-59-57-55-53-51-49-47-45-43-41-34-32-30-28-26-24-22-20-18-16-14-12-10-8-6-4-2)76-108-92-88(106)85(103)90(80(74-97)110-92)113-94-89(107)86(104)91(81(75-98)111-94)112-93-87(105)84(102)83(101)79(73-96)109-93/h5,7,11,13,17,19,23,25,29,31,35-36,53,55,61,63,69,71,77-81,83-94,96-99,101-107H,3-4,6,8-10,12,14-16,18,20-22,24,26-28,30,32-34,37-52,54,56-60,62,64-68,70,72-76H2,1-2H3,(H,95,100)/b7-5-,13-11-,19-17-,25-23-,31-29-,36-35-,55-53+,63-61+,71-69+. The molecule has 17 atom stereocenters. The van der Waals surface area contributed by atoms with E-state index in [9.17, 15) is 61.0 Å². The maximum Gasteiger partial charge on any atom is 0.220 e. The molecule has 3 aliphatic rings. The Morgan fingerprint density at radius 3 is 0.991 bits per heavy atom. The van der Waals surface area contributed by atoms with Crippen molar-refractivity contribution in [2.24, 2.45) is 0 Å². The highest BCUT2D eigenvalue weighted by Crippen LogP contribution is 2.33. The van der Waals surface area contributed by atoms with E-state index in [1.165, 1.54) is 231 Å². The van der Waals surface area contributed by atoms with Crippen LogP contribution in [0.5, 0.6) is 0 Å². The van der Waals surface area contributed by atoms with Crippen LogP contribution in [-0.4, -0.2) is 193 Å². The zero-order valence-corrected chi connectivity index (χ0v) is 70.6. The van der Waals surface area contributed by atoms with E-state index in [0.29, 0.717) is 12.8 Å². The van der Waals surface area contributed by atoms with E-state index in [2.05, 4.69) is 116 Å². The van der Waals surface area contributed by atoms with Gasteiger partial charge in [0.05, 0.1) is 38.6 Å². The van der Waals surface area contributed by atoms with Gasteiger partial charge < -0.3 is 89.9 Å². The van der Waals surface area contributed by atoms with Gasteiger partial charge in [0.15, 0.2) is 18.9 Å². The Bertz CT molecular complexity index is 2460. The molecule has 3 heterocycles. The average Bonchev–Trinajstić information content (AvgIpc) is 0.779. The summed E-state index contributed by atoms with van der Waals surface area (Å²) in [5.41, 5.74) is 0. The van der Waals surface area contributed by atoms with E-state index in [-0.39, 0.29) is 18.9 Å². The number of allylic oxidation sites excluding steroid dienone is 17. The number of carbonyl (C=O) groups is 1. The van der Waals surface area contributed by atoms with E-state index in [4.69, 9.17) is 28.4 Å². The van der Waals surface area contributed by atoms with Gasteiger partial charge in [0.1, 0.15) is 73.2 Å². The lowest BCUT2D eigenvalue weighted by Crippen LogP contribution is -2.66. The molecule has 0 aliphatic carbocycles. The molecule has 0 bridgehead atoms. The van der Waals surface area contributed by atoms with Gasteiger partial charge in [0.25, 0.3) is 0 Å². The van der Waals surface area contributed by atoms with Crippen LogP contribution in [0.3, 0.4) is 0 Å². The van der Waals surface area contributed by atoms with Crippen molar-refractivity contribution < 1.29 is 89.4 Å². The predicted octanol–water partition coefficient (Wildman–Crippen LogP) is 17.6. The second-order valence-electron chi connectivity index (χ2n) is 32.0. The summed E-state index contributed by atoms with van der Waals surface area (Å²) in [5.74, 6) is -0.288. The molecule has 1 amide bonds. The lowest BCUT2D eigenvalue weighted by atomic mass is 9.96. The van der Waals surface area contributed by atoms with Gasteiger partial charge in [-0.2, -0.15) is 0 Å². The summed E-state index contributed by atoms with van der Waals surface area (Å²) in [6, 6.07) is -1.00. The molecule has 3 aliphatic heterocycles. The molecule has 19 nitrogen and oxygen atoms in total. The molecule has 0 saturated carbocycles. The van der Waals surface area contributed by atoms with E-state index in [1.807, 2.05) is 6.08 Å². The van der Waals surface area contributed by atoms with Crippen molar-refractivity contribution in [3.8, 4) is 0 Å². The summed E-state index contributed by atoms with van der Waals surface area (Å²) in [5, 5.41) is 121. The summed E-state index contributed by atoms with van der Waals surface area (Å²) in [6.07, 6.45) is 75.3. The minimum Gasteiger partial charge on any atom is -0.394 e. The molecule has 3 fully saturated rings. The Kier molecular flexibility index (Phi) is 66.5. The monoisotopic (exact) mass is 1600 g/mol. The van der Waals surface area contributed by atoms with Crippen LogP contribution >= 0.6 is 0 Å². The Morgan fingerprint density at radius 1 is 0.327 bits per heavy atom. The lowest BCUT2D eigenvalue weighted by Gasteiger charge is -2.48. The number of amides is 1. The van der Waals surface area contributed by atoms with Crippen molar-refractivity contribution in [1.29, 1.82) is 0 Å². The molecule has 19 heteroatoms. The van der Waals surface area contributed by atoms with Crippen molar-refractivity contribution in [3.63, 3.8) is 0 Å². The van der Waals surface area contributed by atoms with Crippen molar-refractivity contribution in [3.05, 3.63) is 109 Å². The minimum atomic E-state index is -1.99. The molecule has 3 saturated heterocycles. The number of aliphatic hydroxyl groups excluding tert-OH is 11. The first-order chi connectivity index (χ1) is 55.3. The van der Waals surface area contributed by atoms with Crippen LogP contribution in [-0.2, 0) is 33.2 Å². The van der Waals surface area contributed by atoms with Gasteiger partial charge in [-0.3, -0.25) is 4.79 Å². The Morgan fingerprint density at radius 2 is 0.619 bits per heavy atom. The zero-order chi connectivity index (χ0) is 81.7. The highest BCUT2D eigenvalue weighted by atomic mass is 16.8. The van der Waals surface area contributed by atoms with Gasteiger partial charge in [0.2, 0.25) is 5.91 Å². The number of aliphatic hydroxyl groups is 11. The number of ether oxygens (including phenoxy) is 6. The van der Waals surface area contributed by atoms with Crippen LogP contribution in [0, 0.1) is 0 Å². The Hall–Kier alpha value is -3.55. The number of nitrogens with one attached hydrogen (secondary N) is 1. The Balaban J connectivity index is 1.34. The number of carbonyl (C=O) groups excluding carboxylic acids is 1. The fourth-order valence-electron chi connectivity index (χ4n) is 14.8.